The Labute approximate surface area is 174 Å². The first-order valence-corrected chi connectivity index (χ1v) is 10.9. The second-order valence-corrected chi connectivity index (χ2v) is 9.33. The number of aromatic nitrogens is 2. The average Bonchev–Trinajstić information content (AvgIpc) is 3.36. The van der Waals surface area contributed by atoms with E-state index >= 15 is 0 Å². The van der Waals surface area contributed by atoms with E-state index in [1.807, 2.05) is 0 Å². The van der Waals surface area contributed by atoms with Gasteiger partial charge in [0.1, 0.15) is 4.90 Å². The van der Waals surface area contributed by atoms with Gasteiger partial charge in [-0.2, -0.15) is 18.3 Å². The monoisotopic (exact) mass is 475 g/mol. The zero-order valence-corrected chi connectivity index (χ0v) is 17.3. The van der Waals surface area contributed by atoms with E-state index in [-0.39, 0.29) is 45.4 Å². The number of sulfonamides is 1. The number of halogens is 6. The lowest BCUT2D eigenvalue weighted by Crippen LogP contribution is -2.26. The van der Waals surface area contributed by atoms with Crippen molar-refractivity contribution in [3.63, 3.8) is 0 Å². The molecule has 0 saturated heterocycles. The number of hydrogen-bond donors (Lipinski definition) is 1. The highest BCUT2D eigenvalue weighted by Crippen LogP contribution is 2.46. The van der Waals surface area contributed by atoms with Crippen molar-refractivity contribution < 1.29 is 21.6 Å². The van der Waals surface area contributed by atoms with E-state index in [9.17, 15) is 21.6 Å². The summed E-state index contributed by atoms with van der Waals surface area (Å²) in [6.45, 7) is 0.0710. The Morgan fingerprint density at radius 3 is 2.50 bits per heavy atom. The number of nitrogens with zero attached hydrogens (tertiary/aromatic N) is 2. The molecule has 12 heteroatoms. The molecule has 1 saturated carbocycles. The van der Waals surface area contributed by atoms with Gasteiger partial charge < -0.3 is 0 Å². The van der Waals surface area contributed by atoms with Gasteiger partial charge in [0, 0.05) is 24.0 Å². The molecule has 0 atom stereocenters. The minimum absolute atomic E-state index is 0.0154. The molecular weight excluding hydrogens is 462 g/mol. The van der Waals surface area contributed by atoms with Crippen LogP contribution in [-0.4, -0.2) is 24.7 Å². The molecule has 1 heterocycles. The van der Waals surface area contributed by atoms with Crippen molar-refractivity contribution in [3.8, 4) is 0 Å². The summed E-state index contributed by atoms with van der Waals surface area (Å²) in [7, 11) is -3.91. The maximum absolute atomic E-state index is 13.1. The molecule has 0 aliphatic heterocycles. The molecule has 28 heavy (non-hydrogen) atoms. The van der Waals surface area contributed by atoms with E-state index in [0.29, 0.717) is 5.69 Å². The van der Waals surface area contributed by atoms with Gasteiger partial charge in [-0.15, -0.1) is 0 Å². The molecule has 0 spiro atoms. The number of hydrogen-bond acceptors (Lipinski definition) is 3. The van der Waals surface area contributed by atoms with E-state index in [4.69, 9.17) is 34.8 Å². The number of rotatable bonds is 7. The third-order valence-corrected chi connectivity index (χ3v) is 6.74. The van der Waals surface area contributed by atoms with Crippen molar-refractivity contribution in [2.75, 3.05) is 6.54 Å². The molecule has 0 bridgehead atoms. The summed E-state index contributed by atoms with van der Waals surface area (Å²) in [5, 5.41) is 3.46. The summed E-state index contributed by atoms with van der Waals surface area (Å²) >= 11 is 17.6. The standard InChI is InChI=1S/C16H15Cl3F3N3O2S/c17-10-4-5-11(18)12(8-10)28(26,27)23-6-1-7-25-14(9-2-3-9)13(19)15(24-25)16(20,21)22/h4-5,8-9,23H,1-3,6-7H2. The van der Waals surface area contributed by atoms with Crippen LogP contribution >= 0.6 is 34.8 Å². The summed E-state index contributed by atoms with van der Waals surface area (Å²) in [4.78, 5) is -0.165. The number of nitrogens with one attached hydrogen (secondary N) is 1. The van der Waals surface area contributed by atoms with Crippen LogP contribution in [0.2, 0.25) is 15.1 Å². The molecule has 5 nitrogen and oxygen atoms in total. The van der Waals surface area contributed by atoms with Crippen LogP contribution in [0.4, 0.5) is 13.2 Å². The van der Waals surface area contributed by atoms with Crippen LogP contribution in [0.5, 0.6) is 0 Å². The third-order valence-electron chi connectivity index (χ3n) is 4.19. The Balaban J connectivity index is 1.68. The topological polar surface area (TPSA) is 64.0 Å². The summed E-state index contributed by atoms with van der Waals surface area (Å²) < 4.78 is 67.4. The van der Waals surface area contributed by atoms with E-state index in [2.05, 4.69) is 9.82 Å². The molecule has 1 aromatic heterocycles. The quantitative estimate of drug-likeness (QED) is 0.565. The number of aryl methyl sites for hydroxylation is 1. The summed E-state index contributed by atoms with van der Waals surface area (Å²) in [6.07, 6.45) is -2.92. The molecule has 0 unspecified atom stereocenters. The van der Waals surface area contributed by atoms with Crippen molar-refractivity contribution in [2.24, 2.45) is 0 Å². The molecule has 3 rings (SSSR count). The molecule has 1 aliphatic rings. The van der Waals surface area contributed by atoms with Crippen molar-refractivity contribution >= 4 is 44.8 Å². The van der Waals surface area contributed by atoms with Crippen molar-refractivity contribution in [1.82, 2.24) is 14.5 Å². The molecule has 1 aliphatic carbocycles. The van der Waals surface area contributed by atoms with Gasteiger partial charge in [0.05, 0.1) is 15.7 Å². The van der Waals surface area contributed by atoms with Crippen molar-refractivity contribution in [2.45, 2.75) is 42.8 Å². The molecular formula is C16H15Cl3F3N3O2S. The minimum atomic E-state index is -4.64. The van der Waals surface area contributed by atoms with Crippen molar-refractivity contribution in [1.29, 1.82) is 0 Å². The van der Waals surface area contributed by atoms with Gasteiger partial charge in [-0.05, 0) is 37.5 Å². The van der Waals surface area contributed by atoms with Gasteiger partial charge in [-0.1, -0.05) is 34.8 Å². The van der Waals surface area contributed by atoms with E-state index in [1.54, 1.807) is 0 Å². The van der Waals surface area contributed by atoms with Gasteiger partial charge in [-0.25, -0.2) is 13.1 Å². The van der Waals surface area contributed by atoms with Crippen LogP contribution in [0, 0.1) is 0 Å². The Morgan fingerprint density at radius 2 is 1.89 bits per heavy atom. The molecule has 154 valence electrons. The highest BCUT2D eigenvalue weighted by molar-refractivity contribution is 7.89. The Morgan fingerprint density at radius 1 is 1.21 bits per heavy atom. The van der Waals surface area contributed by atoms with Gasteiger partial charge in [0.25, 0.3) is 0 Å². The molecule has 1 fully saturated rings. The average molecular weight is 477 g/mol. The summed E-state index contributed by atoms with van der Waals surface area (Å²) in [5.74, 6) is -0.0435. The SMILES string of the molecule is O=S(=O)(NCCCn1nc(C(F)(F)F)c(Cl)c1C1CC1)c1cc(Cl)ccc1Cl. The fraction of sp³-hybridized carbons (Fsp3) is 0.438. The highest BCUT2D eigenvalue weighted by Gasteiger charge is 2.41. The van der Waals surface area contributed by atoms with E-state index in [0.717, 1.165) is 12.8 Å². The summed E-state index contributed by atoms with van der Waals surface area (Å²) in [6, 6.07) is 4.05. The first-order valence-electron chi connectivity index (χ1n) is 8.29. The van der Waals surface area contributed by atoms with Crippen LogP contribution in [-0.2, 0) is 22.7 Å². The molecule has 0 radical (unpaired) electrons. The molecule has 2 aromatic rings. The van der Waals surface area contributed by atoms with E-state index in [1.165, 1.54) is 22.9 Å². The Hall–Kier alpha value is -1.00. The maximum Gasteiger partial charge on any atom is 0.436 e. The van der Waals surface area contributed by atoms with Crippen molar-refractivity contribution in [3.05, 3.63) is 44.7 Å². The first kappa shape index (κ1) is 21.7. The van der Waals surface area contributed by atoms with Gasteiger partial charge >= 0.3 is 6.18 Å². The smallest absolute Gasteiger partial charge is 0.267 e. The second kappa shape index (κ2) is 8.02. The van der Waals surface area contributed by atoms with Crippen LogP contribution in [0.15, 0.2) is 23.1 Å². The van der Waals surface area contributed by atoms with Crippen LogP contribution in [0.1, 0.15) is 36.6 Å². The first-order chi connectivity index (χ1) is 13.0. The lowest BCUT2D eigenvalue weighted by atomic mass is 10.2. The molecule has 0 amide bonds. The van der Waals surface area contributed by atoms with Crippen LogP contribution in [0.3, 0.4) is 0 Å². The lowest BCUT2D eigenvalue weighted by Gasteiger charge is -2.10. The van der Waals surface area contributed by atoms with Gasteiger partial charge in [0.2, 0.25) is 10.0 Å². The maximum atomic E-state index is 13.1. The largest absolute Gasteiger partial charge is 0.436 e. The van der Waals surface area contributed by atoms with Gasteiger partial charge in [0.15, 0.2) is 5.69 Å². The lowest BCUT2D eigenvalue weighted by molar-refractivity contribution is -0.141. The number of benzene rings is 1. The van der Waals surface area contributed by atoms with Gasteiger partial charge in [-0.3, -0.25) is 4.68 Å². The van der Waals surface area contributed by atoms with Crippen LogP contribution < -0.4 is 4.72 Å². The molecule has 1 aromatic carbocycles. The van der Waals surface area contributed by atoms with Crippen LogP contribution in [0.25, 0.3) is 0 Å². The second-order valence-electron chi connectivity index (χ2n) is 6.37. The normalized spacial score (nSPS) is 15.2. The third kappa shape index (κ3) is 4.76. The predicted octanol–water partition coefficient (Wildman–Crippen LogP) is 5.11. The summed E-state index contributed by atoms with van der Waals surface area (Å²) in [5.41, 5.74) is -0.753. The number of alkyl halides is 3. The molecule has 1 N–H and O–H groups in total. The highest BCUT2D eigenvalue weighted by atomic mass is 35.5. The fourth-order valence-corrected chi connectivity index (χ4v) is 4.98. The predicted molar refractivity (Wildman–Crippen MR) is 100 cm³/mol. The Bertz CT molecular complexity index is 989. The zero-order chi connectivity index (χ0) is 20.7. The zero-order valence-electron chi connectivity index (χ0n) is 14.2. The Kier molecular flexibility index (Phi) is 6.22. The van der Waals surface area contributed by atoms with E-state index < -0.39 is 21.9 Å². The fourth-order valence-electron chi connectivity index (χ4n) is 2.75. The minimum Gasteiger partial charge on any atom is -0.267 e.